The van der Waals surface area contributed by atoms with Gasteiger partial charge >= 0.3 is 0 Å². The van der Waals surface area contributed by atoms with Crippen LogP contribution in [-0.4, -0.2) is 5.11 Å². The second kappa shape index (κ2) is 3.97. The molecule has 1 aromatic carbocycles. The van der Waals surface area contributed by atoms with Crippen molar-refractivity contribution in [2.75, 3.05) is 0 Å². The zero-order chi connectivity index (χ0) is 10.9. The molecule has 15 heavy (non-hydrogen) atoms. The maximum atomic E-state index is 10.8. The predicted octanol–water partition coefficient (Wildman–Crippen LogP) is 3.39. The normalized spacial score (nSPS) is 30.7. The highest BCUT2D eigenvalue weighted by molar-refractivity contribution is 5.32. The van der Waals surface area contributed by atoms with E-state index in [2.05, 4.69) is 26.0 Å². The molecular weight excluding hydrogens is 184 g/mol. The lowest BCUT2D eigenvalue weighted by Crippen LogP contribution is -2.30. The van der Waals surface area contributed by atoms with Crippen molar-refractivity contribution in [1.82, 2.24) is 0 Å². The maximum absolute atomic E-state index is 10.8. The van der Waals surface area contributed by atoms with Gasteiger partial charge in [-0.25, -0.2) is 0 Å². The second-order valence-electron chi connectivity index (χ2n) is 4.74. The summed E-state index contributed by atoms with van der Waals surface area (Å²) in [6, 6.07) is 8.26. The Morgan fingerprint density at radius 1 is 1.40 bits per heavy atom. The van der Waals surface area contributed by atoms with Crippen LogP contribution in [0.5, 0.6) is 0 Å². The number of hydrogen-bond acceptors (Lipinski definition) is 1. The molecule has 1 saturated carbocycles. The lowest BCUT2D eigenvalue weighted by atomic mass is 9.80. The van der Waals surface area contributed by atoms with Crippen LogP contribution in [0.3, 0.4) is 0 Å². The molecule has 2 rings (SSSR count). The average molecular weight is 204 g/mol. The molecule has 0 spiro atoms. The van der Waals surface area contributed by atoms with Crippen LogP contribution in [0.1, 0.15) is 43.7 Å². The number of benzene rings is 1. The van der Waals surface area contributed by atoms with E-state index in [0.29, 0.717) is 5.92 Å². The number of aryl methyl sites for hydroxylation is 1. The first kappa shape index (κ1) is 10.7. The van der Waals surface area contributed by atoms with Crippen molar-refractivity contribution in [3.63, 3.8) is 0 Å². The fraction of sp³-hybridized carbons (Fsp3) is 0.571. The van der Waals surface area contributed by atoms with Crippen molar-refractivity contribution in [1.29, 1.82) is 0 Å². The fourth-order valence-corrected chi connectivity index (χ4v) is 3.02. The van der Waals surface area contributed by atoms with Crippen molar-refractivity contribution >= 4 is 0 Å². The molecule has 1 aliphatic rings. The van der Waals surface area contributed by atoms with Crippen LogP contribution in [0.15, 0.2) is 24.3 Å². The third kappa shape index (κ3) is 1.69. The summed E-state index contributed by atoms with van der Waals surface area (Å²) in [7, 11) is 0. The minimum Gasteiger partial charge on any atom is -0.385 e. The van der Waals surface area contributed by atoms with Crippen LogP contribution in [0, 0.1) is 12.8 Å². The maximum Gasteiger partial charge on any atom is 0.0927 e. The molecule has 1 heteroatoms. The van der Waals surface area contributed by atoms with Gasteiger partial charge in [-0.3, -0.25) is 0 Å². The quantitative estimate of drug-likeness (QED) is 0.783. The Labute approximate surface area is 92.1 Å². The van der Waals surface area contributed by atoms with E-state index in [1.807, 2.05) is 12.1 Å². The molecule has 0 heterocycles. The number of hydrogen-bond donors (Lipinski definition) is 1. The molecule has 1 aliphatic carbocycles. The molecule has 0 bridgehead atoms. The first-order chi connectivity index (χ1) is 7.18. The van der Waals surface area contributed by atoms with Crippen LogP contribution in [0.25, 0.3) is 0 Å². The topological polar surface area (TPSA) is 20.2 Å². The van der Waals surface area contributed by atoms with Crippen LogP contribution >= 0.6 is 0 Å². The van der Waals surface area contributed by atoms with Crippen LogP contribution in [0.4, 0.5) is 0 Å². The van der Waals surface area contributed by atoms with Gasteiger partial charge in [0, 0.05) is 0 Å². The van der Waals surface area contributed by atoms with E-state index in [0.717, 1.165) is 24.8 Å². The largest absolute Gasteiger partial charge is 0.385 e. The Hall–Kier alpha value is -0.820. The van der Waals surface area contributed by atoms with Gasteiger partial charge in [0.1, 0.15) is 0 Å². The van der Waals surface area contributed by atoms with E-state index in [9.17, 15) is 5.11 Å². The SMILES string of the molecule is CCC1CCCC1(O)c1ccccc1C. The summed E-state index contributed by atoms with van der Waals surface area (Å²) in [5.41, 5.74) is 1.81. The lowest BCUT2D eigenvalue weighted by molar-refractivity contribution is -0.00442. The first-order valence-electron chi connectivity index (χ1n) is 5.97. The van der Waals surface area contributed by atoms with E-state index in [4.69, 9.17) is 0 Å². The third-order valence-corrected chi connectivity index (χ3v) is 3.89. The molecule has 1 aromatic rings. The van der Waals surface area contributed by atoms with E-state index in [-0.39, 0.29) is 0 Å². The fourth-order valence-electron chi connectivity index (χ4n) is 3.02. The van der Waals surface area contributed by atoms with Crippen LogP contribution < -0.4 is 0 Å². The molecule has 0 radical (unpaired) electrons. The second-order valence-corrected chi connectivity index (χ2v) is 4.74. The minimum absolute atomic E-state index is 0.443. The highest BCUT2D eigenvalue weighted by Gasteiger charge is 2.41. The van der Waals surface area contributed by atoms with Gasteiger partial charge in [0.25, 0.3) is 0 Å². The highest BCUT2D eigenvalue weighted by atomic mass is 16.3. The van der Waals surface area contributed by atoms with Crippen molar-refractivity contribution < 1.29 is 5.11 Å². The van der Waals surface area contributed by atoms with Gasteiger partial charge in [-0.1, -0.05) is 37.6 Å². The highest BCUT2D eigenvalue weighted by Crippen LogP contribution is 2.45. The Morgan fingerprint density at radius 3 is 2.80 bits per heavy atom. The number of rotatable bonds is 2. The Kier molecular flexibility index (Phi) is 2.83. The van der Waals surface area contributed by atoms with E-state index in [1.54, 1.807) is 0 Å². The van der Waals surface area contributed by atoms with Crippen molar-refractivity contribution in [2.24, 2.45) is 5.92 Å². The molecule has 2 atom stereocenters. The van der Waals surface area contributed by atoms with E-state index < -0.39 is 5.60 Å². The van der Waals surface area contributed by atoms with Gasteiger partial charge in [-0.15, -0.1) is 0 Å². The molecule has 1 fully saturated rings. The summed E-state index contributed by atoms with van der Waals surface area (Å²) in [5.74, 6) is 0.443. The minimum atomic E-state index is -0.555. The summed E-state index contributed by atoms with van der Waals surface area (Å²) in [6.07, 6.45) is 4.33. The van der Waals surface area contributed by atoms with Gasteiger partial charge in [0.15, 0.2) is 0 Å². The van der Waals surface area contributed by atoms with Crippen molar-refractivity contribution in [2.45, 2.75) is 45.1 Å². The van der Waals surface area contributed by atoms with E-state index >= 15 is 0 Å². The smallest absolute Gasteiger partial charge is 0.0927 e. The van der Waals surface area contributed by atoms with E-state index in [1.165, 1.54) is 12.0 Å². The summed E-state index contributed by atoms with van der Waals surface area (Å²) in [5, 5.41) is 10.8. The predicted molar refractivity (Wildman–Crippen MR) is 62.7 cm³/mol. The molecule has 1 N–H and O–H groups in total. The summed E-state index contributed by atoms with van der Waals surface area (Å²) >= 11 is 0. The third-order valence-electron chi connectivity index (χ3n) is 3.89. The molecule has 0 amide bonds. The van der Waals surface area contributed by atoms with Crippen molar-refractivity contribution in [3.8, 4) is 0 Å². The lowest BCUT2D eigenvalue weighted by Gasteiger charge is -2.31. The molecule has 2 unspecified atom stereocenters. The molecule has 0 aromatic heterocycles. The summed E-state index contributed by atoms with van der Waals surface area (Å²) in [4.78, 5) is 0. The van der Waals surface area contributed by atoms with Gasteiger partial charge in [-0.2, -0.15) is 0 Å². The first-order valence-corrected chi connectivity index (χ1v) is 5.97. The molecule has 0 saturated heterocycles. The zero-order valence-corrected chi connectivity index (χ0v) is 9.66. The number of aliphatic hydroxyl groups is 1. The zero-order valence-electron chi connectivity index (χ0n) is 9.66. The van der Waals surface area contributed by atoms with Gasteiger partial charge in [-0.05, 0) is 43.2 Å². The Bertz CT molecular complexity index is 345. The molecule has 1 nitrogen and oxygen atoms in total. The average Bonchev–Trinajstić information content (AvgIpc) is 2.61. The molecule has 82 valence electrons. The molecular formula is C14H20O. The standard InChI is InChI=1S/C14H20O/c1-3-12-8-6-10-14(12,15)13-9-5-4-7-11(13)2/h4-5,7,9,12,15H,3,6,8,10H2,1-2H3. The monoisotopic (exact) mass is 204 g/mol. The van der Waals surface area contributed by atoms with Gasteiger partial charge < -0.3 is 5.11 Å². The summed E-state index contributed by atoms with van der Waals surface area (Å²) < 4.78 is 0. The summed E-state index contributed by atoms with van der Waals surface area (Å²) in [6.45, 7) is 4.28. The van der Waals surface area contributed by atoms with Crippen molar-refractivity contribution in [3.05, 3.63) is 35.4 Å². The van der Waals surface area contributed by atoms with Crippen LogP contribution in [-0.2, 0) is 5.60 Å². The van der Waals surface area contributed by atoms with Gasteiger partial charge in [0.2, 0.25) is 0 Å². The van der Waals surface area contributed by atoms with Crippen LogP contribution in [0.2, 0.25) is 0 Å². The Balaban J connectivity index is 2.40. The molecule has 0 aliphatic heterocycles. The van der Waals surface area contributed by atoms with Gasteiger partial charge in [0.05, 0.1) is 5.60 Å². The Morgan fingerprint density at radius 2 is 2.13 bits per heavy atom.